The SMILES string of the molecule is C=CCn1c(S[C@H](C)C(N)=O)nc2scc(-c3cccs3)c2c1=O. The fourth-order valence-electron chi connectivity index (χ4n) is 2.22. The van der Waals surface area contributed by atoms with Gasteiger partial charge in [0.05, 0.1) is 10.6 Å². The van der Waals surface area contributed by atoms with Crippen molar-refractivity contribution >= 4 is 50.6 Å². The molecule has 0 saturated carbocycles. The van der Waals surface area contributed by atoms with Crippen molar-refractivity contribution in [2.24, 2.45) is 5.73 Å². The van der Waals surface area contributed by atoms with Gasteiger partial charge in [-0.2, -0.15) is 0 Å². The van der Waals surface area contributed by atoms with E-state index >= 15 is 0 Å². The number of thioether (sulfide) groups is 1. The zero-order valence-electron chi connectivity index (χ0n) is 12.9. The number of hydrogen-bond donors (Lipinski definition) is 1. The monoisotopic (exact) mass is 377 g/mol. The molecule has 0 spiro atoms. The number of allylic oxidation sites excluding steroid dienone is 1. The van der Waals surface area contributed by atoms with Crippen LogP contribution in [0.1, 0.15) is 6.92 Å². The average Bonchev–Trinajstić information content (AvgIpc) is 3.19. The zero-order chi connectivity index (χ0) is 17.3. The Morgan fingerprint density at radius 2 is 2.33 bits per heavy atom. The van der Waals surface area contributed by atoms with Crippen LogP contribution in [0.3, 0.4) is 0 Å². The van der Waals surface area contributed by atoms with E-state index in [0.29, 0.717) is 21.9 Å². The predicted molar refractivity (Wildman–Crippen MR) is 102 cm³/mol. The Hall–Kier alpha value is -1.90. The standard InChI is InChI=1S/C16H15N3O2S3/c1-3-6-19-15(21)12-10(11-5-4-7-22-11)8-23-14(12)18-16(19)24-9(2)13(17)20/h3-5,7-9H,1,6H2,2H3,(H2,17,20)/t9-/m1/s1. The molecular weight excluding hydrogens is 362 g/mol. The van der Waals surface area contributed by atoms with E-state index in [1.807, 2.05) is 22.9 Å². The number of thiophene rings is 2. The van der Waals surface area contributed by atoms with E-state index < -0.39 is 11.2 Å². The van der Waals surface area contributed by atoms with Crippen LogP contribution in [0.2, 0.25) is 0 Å². The number of nitrogens with zero attached hydrogens (tertiary/aromatic N) is 2. The average molecular weight is 378 g/mol. The van der Waals surface area contributed by atoms with Crippen LogP contribution >= 0.6 is 34.4 Å². The molecule has 1 atom stereocenters. The number of rotatable bonds is 6. The minimum absolute atomic E-state index is 0.122. The van der Waals surface area contributed by atoms with Crippen LogP contribution in [0.15, 0.2) is 45.5 Å². The third-order valence-corrected chi connectivity index (χ3v) is 6.32. The number of hydrogen-bond acceptors (Lipinski definition) is 6. The Bertz CT molecular complexity index is 957. The lowest BCUT2D eigenvalue weighted by Crippen LogP contribution is -2.26. The summed E-state index contributed by atoms with van der Waals surface area (Å²) in [6.07, 6.45) is 1.64. The minimum Gasteiger partial charge on any atom is -0.369 e. The van der Waals surface area contributed by atoms with E-state index in [0.717, 1.165) is 10.4 Å². The summed E-state index contributed by atoms with van der Waals surface area (Å²) >= 11 is 4.21. The highest BCUT2D eigenvalue weighted by Crippen LogP contribution is 2.35. The first kappa shape index (κ1) is 16.9. The first-order valence-electron chi connectivity index (χ1n) is 7.15. The van der Waals surface area contributed by atoms with Gasteiger partial charge < -0.3 is 5.73 Å². The van der Waals surface area contributed by atoms with Gasteiger partial charge in [-0.1, -0.05) is 23.9 Å². The Balaban J connectivity index is 2.21. The van der Waals surface area contributed by atoms with Crippen LogP contribution in [0, 0.1) is 0 Å². The predicted octanol–water partition coefficient (Wildman–Crippen LogP) is 3.34. The highest BCUT2D eigenvalue weighted by Gasteiger charge is 2.20. The molecular formula is C16H15N3O2S3. The van der Waals surface area contributed by atoms with Gasteiger partial charge in [0.2, 0.25) is 5.91 Å². The van der Waals surface area contributed by atoms with Gasteiger partial charge in [-0.05, 0) is 18.4 Å². The highest BCUT2D eigenvalue weighted by molar-refractivity contribution is 8.00. The molecule has 24 heavy (non-hydrogen) atoms. The van der Waals surface area contributed by atoms with Crippen molar-refractivity contribution in [1.29, 1.82) is 0 Å². The lowest BCUT2D eigenvalue weighted by Gasteiger charge is -2.12. The van der Waals surface area contributed by atoms with Crippen LogP contribution in [-0.4, -0.2) is 20.7 Å². The first-order valence-corrected chi connectivity index (χ1v) is 9.79. The summed E-state index contributed by atoms with van der Waals surface area (Å²) in [5, 5.41) is 4.56. The maximum absolute atomic E-state index is 13.0. The van der Waals surface area contributed by atoms with Crippen molar-refractivity contribution < 1.29 is 4.79 Å². The minimum atomic E-state index is -0.470. The van der Waals surface area contributed by atoms with E-state index in [1.54, 1.807) is 28.9 Å². The lowest BCUT2D eigenvalue weighted by molar-refractivity contribution is -0.117. The third-order valence-electron chi connectivity index (χ3n) is 3.44. The molecule has 0 aliphatic heterocycles. The molecule has 3 rings (SSSR count). The number of carbonyl (C=O) groups excluding carboxylic acids is 1. The molecule has 0 aromatic carbocycles. The van der Waals surface area contributed by atoms with Gasteiger partial charge in [0, 0.05) is 22.4 Å². The Morgan fingerprint density at radius 1 is 1.54 bits per heavy atom. The molecule has 0 aliphatic carbocycles. The quantitative estimate of drug-likeness (QED) is 0.406. The van der Waals surface area contributed by atoms with E-state index in [-0.39, 0.29) is 5.56 Å². The van der Waals surface area contributed by atoms with Crippen LogP contribution in [-0.2, 0) is 11.3 Å². The molecule has 3 aromatic rings. The van der Waals surface area contributed by atoms with Gasteiger partial charge in [0.25, 0.3) is 5.56 Å². The van der Waals surface area contributed by atoms with E-state index in [2.05, 4.69) is 11.6 Å². The number of fused-ring (bicyclic) bond motifs is 1. The smallest absolute Gasteiger partial charge is 0.263 e. The molecule has 0 fully saturated rings. The van der Waals surface area contributed by atoms with Crippen molar-refractivity contribution in [3.8, 4) is 10.4 Å². The maximum atomic E-state index is 13.0. The van der Waals surface area contributed by atoms with Crippen molar-refractivity contribution in [2.75, 3.05) is 0 Å². The number of amides is 1. The second-order valence-corrected chi connectivity index (χ2v) is 8.18. The molecule has 0 radical (unpaired) electrons. The summed E-state index contributed by atoms with van der Waals surface area (Å²) in [4.78, 5) is 30.7. The highest BCUT2D eigenvalue weighted by atomic mass is 32.2. The molecule has 2 N–H and O–H groups in total. The molecule has 124 valence electrons. The molecule has 8 heteroatoms. The Labute approximate surface area is 150 Å². The molecule has 3 heterocycles. The van der Waals surface area contributed by atoms with Crippen LogP contribution < -0.4 is 11.3 Å². The fraction of sp³-hybridized carbons (Fsp3) is 0.188. The Morgan fingerprint density at radius 3 is 2.96 bits per heavy atom. The largest absolute Gasteiger partial charge is 0.369 e. The van der Waals surface area contributed by atoms with Crippen molar-refractivity contribution in [3.05, 3.63) is 45.9 Å². The molecule has 0 bridgehead atoms. The van der Waals surface area contributed by atoms with Crippen LogP contribution in [0.4, 0.5) is 0 Å². The number of nitrogens with two attached hydrogens (primary N) is 1. The topological polar surface area (TPSA) is 78.0 Å². The molecule has 0 aliphatic rings. The summed E-state index contributed by atoms with van der Waals surface area (Å²) in [5.74, 6) is -0.440. The summed E-state index contributed by atoms with van der Waals surface area (Å²) in [6, 6.07) is 3.94. The van der Waals surface area contributed by atoms with Crippen LogP contribution in [0.5, 0.6) is 0 Å². The second-order valence-electron chi connectivity index (χ2n) is 5.07. The number of carbonyl (C=O) groups is 1. The summed E-state index contributed by atoms with van der Waals surface area (Å²) in [5.41, 5.74) is 6.12. The Kier molecular flexibility index (Phi) is 4.88. The first-order chi connectivity index (χ1) is 11.5. The van der Waals surface area contributed by atoms with Gasteiger partial charge in [0.1, 0.15) is 4.83 Å². The molecule has 0 saturated heterocycles. The van der Waals surface area contributed by atoms with Crippen molar-refractivity contribution in [2.45, 2.75) is 23.9 Å². The summed E-state index contributed by atoms with van der Waals surface area (Å²) in [6.45, 7) is 5.74. The van der Waals surface area contributed by atoms with Gasteiger partial charge in [-0.25, -0.2) is 4.98 Å². The number of primary amides is 1. The third kappa shape index (κ3) is 3.04. The molecule has 3 aromatic heterocycles. The normalized spacial score (nSPS) is 12.4. The zero-order valence-corrected chi connectivity index (χ0v) is 15.3. The summed E-state index contributed by atoms with van der Waals surface area (Å²) in [7, 11) is 0. The number of aromatic nitrogens is 2. The second kappa shape index (κ2) is 6.92. The van der Waals surface area contributed by atoms with Gasteiger partial charge in [-0.15, -0.1) is 29.3 Å². The fourth-order valence-corrected chi connectivity index (χ4v) is 4.89. The van der Waals surface area contributed by atoms with Crippen molar-refractivity contribution in [3.63, 3.8) is 0 Å². The molecule has 1 amide bonds. The maximum Gasteiger partial charge on any atom is 0.263 e. The van der Waals surface area contributed by atoms with Gasteiger partial charge >= 0.3 is 0 Å². The van der Waals surface area contributed by atoms with Gasteiger partial charge in [0.15, 0.2) is 5.16 Å². The summed E-state index contributed by atoms with van der Waals surface area (Å²) < 4.78 is 1.54. The van der Waals surface area contributed by atoms with Crippen molar-refractivity contribution in [1.82, 2.24) is 9.55 Å². The van der Waals surface area contributed by atoms with E-state index in [9.17, 15) is 9.59 Å². The molecule has 0 unspecified atom stereocenters. The lowest BCUT2D eigenvalue weighted by atomic mass is 10.2. The van der Waals surface area contributed by atoms with Crippen LogP contribution in [0.25, 0.3) is 20.7 Å². The van der Waals surface area contributed by atoms with E-state index in [1.165, 1.54) is 23.1 Å². The van der Waals surface area contributed by atoms with E-state index in [4.69, 9.17) is 5.73 Å². The van der Waals surface area contributed by atoms with Gasteiger partial charge in [-0.3, -0.25) is 14.2 Å². The molecule has 5 nitrogen and oxygen atoms in total.